The molecule has 262 valence electrons. The molecular formula is C33H40F6N4O4P+. The lowest BCUT2D eigenvalue weighted by atomic mass is 9.72. The lowest BCUT2D eigenvalue weighted by molar-refractivity contribution is -0.925. The van der Waals surface area contributed by atoms with Gasteiger partial charge in [-0.2, -0.15) is 26.3 Å². The average Bonchev–Trinajstić information content (AvgIpc) is 3.75. The molecule has 0 radical (unpaired) electrons. The quantitative estimate of drug-likeness (QED) is 0.122. The van der Waals surface area contributed by atoms with Gasteiger partial charge in [-0.1, -0.05) is 38.2 Å². The van der Waals surface area contributed by atoms with Crippen molar-refractivity contribution in [1.82, 2.24) is 4.98 Å². The zero-order valence-corrected chi connectivity index (χ0v) is 28.5. The number of carbonyl (C=O) groups excluding carboxylic acids is 1. The number of halogens is 6. The van der Waals surface area contributed by atoms with Crippen LogP contribution in [0.4, 0.5) is 37.8 Å². The third kappa shape index (κ3) is 7.51. The fraction of sp³-hybridized carbons (Fsp3) is 0.515. The summed E-state index contributed by atoms with van der Waals surface area (Å²) in [6.45, 7) is 9.54. The molecule has 0 bridgehead atoms. The molecule has 0 saturated carbocycles. The van der Waals surface area contributed by atoms with Crippen LogP contribution in [-0.4, -0.2) is 68.7 Å². The predicted octanol–water partition coefficient (Wildman–Crippen LogP) is 7.72. The van der Waals surface area contributed by atoms with Gasteiger partial charge in [0.05, 0.1) is 61.7 Å². The van der Waals surface area contributed by atoms with E-state index in [4.69, 9.17) is 9.05 Å². The fourth-order valence-corrected chi connectivity index (χ4v) is 7.09. The summed E-state index contributed by atoms with van der Waals surface area (Å²) >= 11 is 0. The highest BCUT2D eigenvalue weighted by Crippen LogP contribution is 2.63. The number of rotatable bonds is 8. The number of hydrogen-bond donors (Lipinski definition) is 0. The van der Waals surface area contributed by atoms with Crippen molar-refractivity contribution in [3.63, 3.8) is 0 Å². The highest BCUT2D eigenvalue weighted by molar-refractivity contribution is 7.59. The maximum Gasteiger partial charge on any atom is 0.416 e. The van der Waals surface area contributed by atoms with Crippen LogP contribution in [0.2, 0.25) is 0 Å². The summed E-state index contributed by atoms with van der Waals surface area (Å²) in [7, 11) is 0.576. The highest BCUT2D eigenvalue weighted by atomic mass is 31.2. The number of nitrogens with zero attached hydrogens (tertiary/aromatic N) is 4. The van der Waals surface area contributed by atoms with Gasteiger partial charge in [-0.25, -0.2) is 4.98 Å². The van der Waals surface area contributed by atoms with E-state index in [0.717, 1.165) is 5.56 Å². The minimum absolute atomic E-state index is 0.0534. The molecule has 15 heteroatoms. The molecule has 8 nitrogen and oxygen atoms in total. The van der Waals surface area contributed by atoms with Crippen LogP contribution in [0.15, 0.2) is 54.8 Å². The molecule has 1 aliphatic carbocycles. The monoisotopic (exact) mass is 701 g/mol. The number of allylic oxidation sites excluding steroid dienone is 4. The Morgan fingerprint density at radius 2 is 1.60 bits per heavy atom. The van der Waals surface area contributed by atoms with Crippen molar-refractivity contribution in [3.8, 4) is 0 Å². The van der Waals surface area contributed by atoms with Gasteiger partial charge in [-0.05, 0) is 54.7 Å². The number of piperazine rings is 1. The molecule has 2 fully saturated rings. The molecule has 2 aromatic rings. The third-order valence-corrected chi connectivity index (χ3v) is 10.7. The van der Waals surface area contributed by atoms with E-state index in [9.17, 15) is 35.7 Å². The number of aromatic nitrogens is 1. The first kappa shape index (κ1) is 36.1. The molecule has 2 aliphatic heterocycles. The molecule has 48 heavy (non-hydrogen) atoms. The SMILES string of the molecule is CN(C(=O)C(C)(C)c1cc(C(F)(F)F)cc(C(F)(F)F)c1)c1cnc(N2CC[N+](C)(COP3(=O)CO3)CC2)cc1C1C=CC=CC1(C)C. The van der Waals surface area contributed by atoms with Crippen LogP contribution in [0.5, 0.6) is 0 Å². The number of pyridine rings is 1. The van der Waals surface area contributed by atoms with Crippen molar-refractivity contribution < 1.29 is 49.2 Å². The van der Waals surface area contributed by atoms with E-state index in [1.807, 2.05) is 51.3 Å². The lowest BCUT2D eigenvalue weighted by Gasteiger charge is -2.42. The topological polar surface area (TPSA) is 75.3 Å². The number of carbonyl (C=O) groups is 1. The highest BCUT2D eigenvalue weighted by Gasteiger charge is 2.44. The Morgan fingerprint density at radius 1 is 1.04 bits per heavy atom. The number of anilines is 2. The molecule has 1 aromatic carbocycles. The van der Waals surface area contributed by atoms with Crippen molar-refractivity contribution in [2.24, 2.45) is 5.41 Å². The summed E-state index contributed by atoms with van der Waals surface area (Å²) in [6.07, 6.45) is -0.573. The zero-order valence-electron chi connectivity index (χ0n) is 27.7. The second-order valence-electron chi connectivity index (χ2n) is 14.1. The van der Waals surface area contributed by atoms with E-state index in [0.29, 0.717) is 54.3 Å². The number of alkyl halides is 6. The molecule has 3 heterocycles. The molecule has 0 N–H and O–H groups in total. The van der Waals surface area contributed by atoms with Gasteiger partial charge in [0.15, 0.2) is 13.1 Å². The first-order valence-corrected chi connectivity index (χ1v) is 17.2. The molecule has 1 amide bonds. The molecule has 2 saturated heterocycles. The Bertz CT molecular complexity index is 1640. The Balaban J connectivity index is 1.48. The van der Waals surface area contributed by atoms with Gasteiger partial charge in [0.1, 0.15) is 5.82 Å². The van der Waals surface area contributed by atoms with Gasteiger partial charge in [0.2, 0.25) is 5.91 Å². The summed E-state index contributed by atoms with van der Waals surface area (Å²) in [5.41, 5.74) is -4.45. The van der Waals surface area contributed by atoms with E-state index in [1.54, 1.807) is 0 Å². The summed E-state index contributed by atoms with van der Waals surface area (Å²) in [4.78, 5) is 22.2. The van der Waals surface area contributed by atoms with Crippen LogP contribution >= 0.6 is 7.60 Å². The standard InChI is InChI=1S/C33H40F6N4O4P/c1-30(2)10-8-7-9-26(30)25-18-28(42-11-13-43(6,14-12-42)20-46-48(45)21-47-48)40-19-27(25)41(5)29(44)31(3,4)22-15-23(32(34,35)36)17-24(16-22)33(37,38)39/h7-10,15-19,26H,11-14,20-21H2,1-6H3/q+1. The second kappa shape index (κ2) is 12.3. The smallest absolute Gasteiger partial charge is 0.345 e. The first-order valence-electron chi connectivity index (χ1n) is 15.5. The van der Waals surface area contributed by atoms with Crippen LogP contribution in [0.1, 0.15) is 55.9 Å². The third-order valence-electron chi connectivity index (χ3n) is 9.54. The summed E-state index contributed by atoms with van der Waals surface area (Å²) in [5.74, 6) is -0.285. The van der Waals surface area contributed by atoms with E-state index < -0.39 is 53.4 Å². The van der Waals surface area contributed by atoms with Crippen LogP contribution < -0.4 is 9.80 Å². The average molecular weight is 702 g/mol. The van der Waals surface area contributed by atoms with Crippen molar-refractivity contribution in [1.29, 1.82) is 0 Å². The Labute approximate surface area is 276 Å². The largest absolute Gasteiger partial charge is 0.416 e. The Hall–Kier alpha value is -3.19. The van der Waals surface area contributed by atoms with Crippen LogP contribution in [-0.2, 0) is 36.2 Å². The summed E-state index contributed by atoms with van der Waals surface area (Å²) in [6, 6.07) is 3.16. The first-order chi connectivity index (χ1) is 22.0. The maximum atomic E-state index is 14.1. The van der Waals surface area contributed by atoms with Gasteiger partial charge in [0.25, 0.3) is 0 Å². The number of likely N-dealkylation sites (N-methyl/N-ethyl adjacent to an activating group) is 2. The number of quaternary nitrogens is 1. The summed E-state index contributed by atoms with van der Waals surface area (Å²) < 4.78 is 105. The van der Waals surface area contributed by atoms with E-state index >= 15 is 0 Å². The molecule has 5 rings (SSSR count). The Morgan fingerprint density at radius 3 is 2.12 bits per heavy atom. The van der Waals surface area contributed by atoms with E-state index in [1.165, 1.54) is 32.0 Å². The Kier molecular flexibility index (Phi) is 9.25. The van der Waals surface area contributed by atoms with E-state index in [-0.39, 0.29) is 25.1 Å². The van der Waals surface area contributed by atoms with Crippen molar-refractivity contribution >= 4 is 25.0 Å². The zero-order chi connectivity index (χ0) is 35.5. The molecule has 1 aromatic heterocycles. The van der Waals surface area contributed by atoms with Crippen molar-refractivity contribution in [3.05, 3.63) is 77.0 Å². The van der Waals surface area contributed by atoms with Gasteiger partial charge in [-0.3, -0.25) is 18.4 Å². The van der Waals surface area contributed by atoms with Crippen molar-refractivity contribution in [2.75, 3.05) is 63.2 Å². The van der Waals surface area contributed by atoms with Gasteiger partial charge < -0.3 is 14.3 Å². The lowest BCUT2D eigenvalue weighted by Crippen LogP contribution is -2.58. The minimum Gasteiger partial charge on any atom is -0.345 e. The summed E-state index contributed by atoms with van der Waals surface area (Å²) in [5, 5.41) is 0. The number of hydrogen-bond acceptors (Lipinski definition) is 6. The van der Waals surface area contributed by atoms with Crippen molar-refractivity contribution in [2.45, 2.75) is 51.4 Å². The van der Waals surface area contributed by atoms with Crippen LogP contribution in [0, 0.1) is 5.41 Å². The second-order valence-corrected chi connectivity index (χ2v) is 16.1. The minimum atomic E-state index is -5.05. The molecule has 3 aliphatic rings. The molecule has 2 atom stereocenters. The van der Waals surface area contributed by atoms with Gasteiger partial charge in [0, 0.05) is 13.0 Å². The van der Waals surface area contributed by atoms with Gasteiger partial charge >= 0.3 is 19.9 Å². The number of benzene rings is 1. The fourth-order valence-electron chi connectivity index (χ4n) is 6.11. The van der Waals surface area contributed by atoms with Crippen LogP contribution in [0.3, 0.4) is 0 Å². The molecule has 2 unspecified atom stereocenters. The van der Waals surface area contributed by atoms with Gasteiger partial charge in [-0.15, -0.1) is 0 Å². The van der Waals surface area contributed by atoms with E-state index in [2.05, 4.69) is 9.88 Å². The number of amides is 1. The molecular weight excluding hydrogens is 661 g/mol. The normalized spacial score (nSPS) is 23.7. The van der Waals surface area contributed by atoms with Crippen LogP contribution in [0.25, 0.3) is 0 Å². The predicted molar refractivity (Wildman–Crippen MR) is 170 cm³/mol. The molecule has 0 spiro atoms. The maximum absolute atomic E-state index is 14.1.